The van der Waals surface area contributed by atoms with Crippen LogP contribution in [0.2, 0.25) is 0 Å². The number of ether oxygens (including phenoxy) is 1. The molecule has 1 aromatic carbocycles. The predicted octanol–water partition coefficient (Wildman–Crippen LogP) is 2.65. The quantitative estimate of drug-likeness (QED) is 0.362. The van der Waals surface area contributed by atoms with Gasteiger partial charge >= 0.3 is 11.7 Å². The molecule has 0 atom stereocenters. The third kappa shape index (κ3) is 2.91. The van der Waals surface area contributed by atoms with Crippen LogP contribution in [0, 0.1) is 15.9 Å². The van der Waals surface area contributed by atoms with E-state index in [-0.39, 0.29) is 23.6 Å². The summed E-state index contributed by atoms with van der Waals surface area (Å²) >= 11 is 5.55. The Morgan fingerprint density at radius 3 is 2.71 bits per heavy atom. The Morgan fingerprint density at radius 1 is 1.59 bits per heavy atom. The van der Waals surface area contributed by atoms with Gasteiger partial charge in [0.05, 0.1) is 17.1 Å². The number of nitro groups is 1. The van der Waals surface area contributed by atoms with E-state index in [1.165, 1.54) is 0 Å². The molecular weight excluding hydrogens is 253 g/mol. The molecule has 92 valence electrons. The van der Waals surface area contributed by atoms with E-state index in [1.807, 2.05) is 0 Å². The van der Waals surface area contributed by atoms with Crippen molar-refractivity contribution in [3.05, 3.63) is 39.2 Å². The van der Waals surface area contributed by atoms with Crippen molar-refractivity contribution >= 4 is 23.3 Å². The van der Waals surface area contributed by atoms with Gasteiger partial charge in [0.2, 0.25) is 5.82 Å². The molecule has 0 unspecified atom stereocenters. The van der Waals surface area contributed by atoms with Crippen molar-refractivity contribution in [2.24, 2.45) is 0 Å². The Kier molecular flexibility index (Phi) is 4.39. The van der Waals surface area contributed by atoms with Gasteiger partial charge in [0.1, 0.15) is 0 Å². The molecule has 0 saturated heterocycles. The van der Waals surface area contributed by atoms with Crippen LogP contribution < -0.4 is 0 Å². The van der Waals surface area contributed by atoms with E-state index in [2.05, 4.69) is 0 Å². The maximum absolute atomic E-state index is 13.3. The molecule has 1 aromatic rings. The van der Waals surface area contributed by atoms with Gasteiger partial charge in [-0.05, 0) is 18.6 Å². The number of alkyl halides is 1. The Hall–Kier alpha value is -1.69. The summed E-state index contributed by atoms with van der Waals surface area (Å²) in [5, 5.41) is 10.5. The molecule has 0 heterocycles. The zero-order valence-corrected chi connectivity index (χ0v) is 9.66. The highest BCUT2D eigenvalue weighted by atomic mass is 35.5. The monoisotopic (exact) mass is 261 g/mol. The molecule has 0 amide bonds. The van der Waals surface area contributed by atoms with Gasteiger partial charge in [-0.3, -0.25) is 10.1 Å². The number of rotatable bonds is 4. The average Bonchev–Trinajstić information content (AvgIpc) is 2.28. The molecule has 0 aromatic heterocycles. The molecule has 17 heavy (non-hydrogen) atoms. The Morgan fingerprint density at radius 2 is 2.24 bits per heavy atom. The van der Waals surface area contributed by atoms with Crippen molar-refractivity contribution in [2.45, 2.75) is 12.8 Å². The minimum absolute atomic E-state index is 0.0926. The molecule has 0 saturated carbocycles. The summed E-state index contributed by atoms with van der Waals surface area (Å²) in [5.41, 5.74) is -0.642. The second-order valence-electron chi connectivity index (χ2n) is 3.07. The fourth-order valence-corrected chi connectivity index (χ4v) is 1.48. The third-order valence-electron chi connectivity index (χ3n) is 2.01. The van der Waals surface area contributed by atoms with Crippen LogP contribution in [-0.2, 0) is 10.6 Å². The van der Waals surface area contributed by atoms with Crippen molar-refractivity contribution in [3.63, 3.8) is 0 Å². The molecule has 0 N–H and O–H groups in total. The highest BCUT2D eigenvalue weighted by molar-refractivity contribution is 6.17. The summed E-state index contributed by atoms with van der Waals surface area (Å²) in [5.74, 6) is -1.99. The number of nitro benzene ring substituents is 1. The Balaban J connectivity index is 3.28. The topological polar surface area (TPSA) is 69.4 Å². The first-order chi connectivity index (χ1) is 8.01. The van der Waals surface area contributed by atoms with Crippen LogP contribution in [0.1, 0.15) is 22.8 Å². The van der Waals surface area contributed by atoms with Crippen LogP contribution in [0.4, 0.5) is 10.1 Å². The normalized spacial score (nSPS) is 10.1. The lowest BCUT2D eigenvalue weighted by Gasteiger charge is -2.06. The summed E-state index contributed by atoms with van der Waals surface area (Å²) in [6, 6.07) is 1.71. The molecule has 0 spiro atoms. The standard InChI is InChI=1S/C10H9ClFNO4/c1-2-17-10(14)7-4-8(12)9(13(15)16)3-6(7)5-11/h3-4H,2,5H2,1H3. The minimum Gasteiger partial charge on any atom is -0.462 e. The SMILES string of the molecule is CCOC(=O)c1cc(F)c([N+](=O)[O-])cc1CCl. The molecule has 1 rings (SSSR count). The van der Waals surface area contributed by atoms with Gasteiger partial charge in [-0.25, -0.2) is 4.79 Å². The van der Waals surface area contributed by atoms with E-state index in [1.54, 1.807) is 6.92 Å². The lowest BCUT2D eigenvalue weighted by atomic mass is 10.1. The van der Waals surface area contributed by atoms with E-state index in [0.717, 1.165) is 12.1 Å². The van der Waals surface area contributed by atoms with Crippen LogP contribution in [0.5, 0.6) is 0 Å². The van der Waals surface area contributed by atoms with Gasteiger partial charge in [-0.2, -0.15) is 4.39 Å². The molecule has 0 aliphatic heterocycles. The Labute approximate surface area is 101 Å². The van der Waals surface area contributed by atoms with Gasteiger partial charge in [-0.15, -0.1) is 11.6 Å². The number of hydrogen-bond acceptors (Lipinski definition) is 4. The predicted molar refractivity (Wildman–Crippen MR) is 58.6 cm³/mol. The fourth-order valence-electron chi connectivity index (χ4n) is 1.25. The number of nitrogens with zero attached hydrogens (tertiary/aromatic N) is 1. The molecule has 0 bridgehead atoms. The second-order valence-corrected chi connectivity index (χ2v) is 3.34. The lowest BCUT2D eigenvalue weighted by Crippen LogP contribution is -2.09. The van der Waals surface area contributed by atoms with Gasteiger partial charge in [-0.1, -0.05) is 0 Å². The first kappa shape index (κ1) is 13.4. The van der Waals surface area contributed by atoms with Crippen molar-refractivity contribution < 1.29 is 18.8 Å². The summed E-state index contributed by atoms with van der Waals surface area (Å²) in [7, 11) is 0. The van der Waals surface area contributed by atoms with Crippen LogP contribution >= 0.6 is 11.6 Å². The fraction of sp³-hybridized carbons (Fsp3) is 0.300. The van der Waals surface area contributed by atoms with Crippen molar-refractivity contribution in [1.82, 2.24) is 0 Å². The number of hydrogen-bond donors (Lipinski definition) is 0. The number of carbonyl (C=O) groups is 1. The molecule has 0 fully saturated rings. The van der Waals surface area contributed by atoms with E-state index in [9.17, 15) is 19.3 Å². The van der Waals surface area contributed by atoms with Gasteiger partial charge in [0, 0.05) is 11.9 Å². The van der Waals surface area contributed by atoms with Gasteiger partial charge < -0.3 is 4.74 Å². The van der Waals surface area contributed by atoms with Crippen LogP contribution in [0.15, 0.2) is 12.1 Å². The van der Waals surface area contributed by atoms with Crippen molar-refractivity contribution in [2.75, 3.05) is 6.61 Å². The Bertz CT molecular complexity index is 464. The van der Waals surface area contributed by atoms with E-state index in [0.29, 0.717) is 0 Å². The molecule has 7 heteroatoms. The second kappa shape index (κ2) is 5.58. The molecule has 5 nitrogen and oxygen atoms in total. The van der Waals surface area contributed by atoms with Gasteiger partial charge in [0.25, 0.3) is 0 Å². The van der Waals surface area contributed by atoms with Crippen LogP contribution in [0.3, 0.4) is 0 Å². The number of benzene rings is 1. The first-order valence-electron chi connectivity index (χ1n) is 4.71. The first-order valence-corrected chi connectivity index (χ1v) is 5.24. The maximum Gasteiger partial charge on any atom is 0.338 e. The van der Waals surface area contributed by atoms with Gasteiger partial charge in [0.15, 0.2) is 0 Å². The van der Waals surface area contributed by atoms with Crippen molar-refractivity contribution in [1.29, 1.82) is 0 Å². The molecule has 0 aliphatic rings. The van der Waals surface area contributed by atoms with Crippen LogP contribution in [-0.4, -0.2) is 17.5 Å². The molecular formula is C10H9ClFNO4. The average molecular weight is 262 g/mol. The van der Waals surface area contributed by atoms with E-state index >= 15 is 0 Å². The minimum atomic E-state index is -1.09. The smallest absolute Gasteiger partial charge is 0.338 e. The summed E-state index contributed by atoms with van der Waals surface area (Å²) in [4.78, 5) is 21.1. The highest BCUT2D eigenvalue weighted by Crippen LogP contribution is 2.24. The molecule has 0 aliphatic carbocycles. The van der Waals surface area contributed by atoms with E-state index in [4.69, 9.17) is 16.3 Å². The number of carbonyl (C=O) groups excluding carboxylic acids is 1. The lowest BCUT2D eigenvalue weighted by molar-refractivity contribution is -0.387. The third-order valence-corrected chi connectivity index (χ3v) is 2.30. The highest BCUT2D eigenvalue weighted by Gasteiger charge is 2.21. The zero-order valence-electron chi connectivity index (χ0n) is 8.91. The largest absolute Gasteiger partial charge is 0.462 e. The van der Waals surface area contributed by atoms with Crippen LogP contribution in [0.25, 0.3) is 0 Å². The zero-order chi connectivity index (χ0) is 13.0. The molecule has 0 radical (unpaired) electrons. The summed E-state index contributed by atoms with van der Waals surface area (Å²) in [6.07, 6.45) is 0. The summed E-state index contributed by atoms with van der Waals surface area (Å²) < 4.78 is 18.0. The number of esters is 1. The number of halogens is 2. The van der Waals surface area contributed by atoms with Crippen molar-refractivity contribution in [3.8, 4) is 0 Å². The van der Waals surface area contributed by atoms with E-state index < -0.39 is 22.4 Å². The maximum atomic E-state index is 13.3. The summed E-state index contributed by atoms with van der Waals surface area (Å²) in [6.45, 7) is 1.72.